The van der Waals surface area contributed by atoms with Crippen molar-refractivity contribution >= 4 is 24.8 Å². The maximum Gasteiger partial charge on any atom is 0.0698 e. The molecule has 10 heavy (non-hydrogen) atoms. The van der Waals surface area contributed by atoms with E-state index >= 15 is 0 Å². The lowest BCUT2D eigenvalue weighted by Crippen LogP contribution is -2.25. The van der Waals surface area contributed by atoms with Gasteiger partial charge >= 0.3 is 0 Å². The third-order valence-electron chi connectivity index (χ3n) is 1.20. The molecule has 0 amide bonds. The van der Waals surface area contributed by atoms with Crippen molar-refractivity contribution in [1.82, 2.24) is 5.06 Å². The van der Waals surface area contributed by atoms with Gasteiger partial charge in [-0.1, -0.05) is 0 Å². The Balaban J connectivity index is 0. The van der Waals surface area contributed by atoms with Crippen molar-refractivity contribution in [2.45, 2.75) is 6.42 Å². The van der Waals surface area contributed by atoms with Gasteiger partial charge < -0.3 is 5.73 Å². The molecule has 1 aliphatic rings. The highest BCUT2D eigenvalue weighted by Gasteiger charge is 2.09. The Hall–Kier alpha value is 0.460. The molecule has 0 saturated carbocycles. The van der Waals surface area contributed by atoms with E-state index in [1.54, 1.807) is 0 Å². The first-order chi connectivity index (χ1) is 3.93. The second kappa shape index (κ2) is 7.57. The lowest BCUT2D eigenvalue weighted by atomic mass is 10.5. The Kier molecular flexibility index (Phi) is 9.90. The Labute approximate surface area is 73.7 Å². The van der Waals surface area contributed by atoms with Gasteiger partial charge in [-0.15, -0.1) is 24.8 Å². The van der Waals surface area contributed by atoms with Crippen LogP contribution < -0.4 is 5.73 Å². The van der Waals surface area contributed by atoms with Crippen LogP contribution in [0, 0.1) is 0 Å². The summed E-state index contributed by atoms with van der Waals surface area (Å²) in [6.07, 6.45) is 1.15. The number of hydrogen-bond donors (Lipinski definition) is 1. The van der Waals surface area contributed by atoms with Crippen LogP contribution in [0.3, 0.4) is 0 Å². The van der Waals surface area contributed by atoms with Crippen molar-refractivity contribution in [1.29, 1.82) is 0 Å². The van der Waals surface area contributed by atoms with Crippen LogP contribution >= 0.6 is 24.8 Å². The Morgan fingerprint density at radius 3 is 2.50 bits per heavy atom. The van der Waals surface area contributed by atoms with Gasteiger partial charge in [0.1, 0.15) is 0 Å². The molecule has 3 nitrogen and oxygen atoms in total. The first-order valence-electron chi connectivity index (χ1n) is 3.01. The predicted molar refractivity (Wildman–Crippen MR) is 45.7 cm³/mol. The molecule has 0 aromatic carbocycles. The molecule has 1 aliphatic heterocycles. The fourth-order valence-corrected chi connectivity index (χ4v) is 0.819. The van der Waals surface area contributed by atoms with Crippen molar-refractivity contribution in [2.24, 2.45) is 5.73 Å². The quantitative estimate of drug-likeness (QED) is 0.684. The average Bonchev–Trinajstić information content (AvgIpc) is 2.19. The number of rotatable bonds is 2. The summed E-state index contributed by atoms with van der Waals surface area (Å²) in [5, 5.41) is 1.92. The topological polar surface area (TPSA) is 38.5 Å². The molecular weight excluding hydrogens is 175 g/mol. The summed E-state index contributed by atoms with van der Waals surface area (Å²) in [5.41, 5.74) is 5.29. The van der Waals surface area contributed by atoms with E-state index in [9.17, 15) is 0 Å². The SMILES string of the molecule is Cl.Cl.NCCN1CCCO1. The van der Waals surface area contributed by atoms with Gasteiger partial charge in [0.25, 0.3) is 0 Å². The van der Waals surface area contributed by atoms with Gasteiger partial charge in [0.2, 0.25) is 0 Å². The molecule has 1 rings (SSSR count). The molecule has 0 atom stereocenters. The van der Waals surface area contributed by atoms with Crippen molar-refractivity contribution in [3.8, 4) is 0 Å². The van der Waals surface area contributed by atoms with Gasteiger partial charge in [-0.05, 0) is 6.42 Å². The Morgan fingerprint density at radius 1 is 1.40 bits per heavy atom. The first-order valence-corrected chi connectivity index (χ1v) is 3.01. The van der Waals surface area contributed by atoms with Gasteiger partial charge in [-0.25, -0.2) is 0 Å². The highest BCUT2D eigenvalue weighted by Crippen LogP contribution is 2.01. The number of hydroxylamine groups is 2. The van der Waals surface area contributed by atoms with Crippen LogP contribution in [0.4, 0.5) is 0 Å². The maximum atomic E-state index is 5.29. The molecule has 1 heterocycles. The number of halogens is 2. The van der Waals surface area contributed by atoms with E-state index in [4.69, 9.17) is 10.6 Å². The minimum atomic E-state index is 0. The molecule has 0 spiro atoms. The zero-order valence-corrected chi connectivity index (χ0v) is 7.42. The second-order valence-electron chi connectivity index (χ2n) is 1.90. The summed E-state index contributed by atoms with van der Waals surface area (Å²) >= 11 is 0. The monoisotopic (exact) mass is 188 g/mol. The summed E-state index contributed by atoms with van der Waals surface area (Å²) in [7, 11) is 0. The largest absolute Gasteiger partial charge is 0.329 e. The minimum absolute atomic E-state index is 0. The third kappa shape index (κ3) is 4.30. The van der Waals surface area contributed by atoms with E-state index in [0.717, 1.165) is 26.1 Å². The third-order valence-corrected chi connectivity index (χ3v) is 1.20. The molecule has 5 heteroatoms. The van der Waals surface area contributed by atoms with E-state index in [2.05, 4.69) is 0 Å². The van der Waals surface area contributed by atoms with Crippen LogP contribution in [0.1, 0.15) is 6.42 Å². The minimum Gasteiger partial charge on any atom is -0.329 e. The summed E-state index contributed by atoms with van der Waals surface area (Å²) < 4.78 is 0. The zero-order chi connectivity index (χ0) is 5.82. The van der Waals surface area contributed by atoms with Crippen molar-refractivity contribution in [2.75, 3.05) is 26.2 Å². The number of hydrogen-bond acceptors (Lipinski definition) is 3. The fourth-order valence-electron chi connectivity index (χ4n) is 0.819. The maximum absolute atomic E-state index is 5.29. The average molecular weight is 189 g/mol. The van der Waals surface area contributed by atoms with E-state index < -0.39 is 0 Å². The number of nitrogens with two attached hydrogens (primary N) is 1. The van der Waals surface area contributed by atoms with Gasteiger partial charge in [-0.2, -0.15) is 5.06 Å². The molecule has 0 aromatic heterocycles. The molecule has 0 radical (unpaired) electrons. The van der Waals surface area contributed by atoms with Crippen LogP contribution in [0.5, 0.6) is 0 Å². The van der Waals surface area contributed by atoms with E-state index in [1.807, 2.05) is 5.06 Å². The van der Waals surface area contributed by atoms with E-state index in [1.165, 1.54) is 0 Å². The normalized spacial score (nSPS) is 17.7. The molecule has 0 aromatic rings. The van der Waals surface area contributed by atoms with E-state index in [-0.39, 0.29) is 24.8 Å². The Morgan fingerprint density at radius 2 is 2.10 bits per heavy atom. The van der Waals surface area contributed by atoms with Gasteiger partial charge in [0, 0.05) is 19.6 Å². The summed E-state index contributed by atoms with van der Waals surface area (Å²) in [4.78, 5) is 5.15. The highest BCUT2D eigenvalue weighted by atomic mass is 35.5. The van der Waals surface area contributed by atoms with Gasteiger partial charge in [0.15, 0.2) is 0 Å². The summed E-state index contributed by atoms with van der Waals surface area (Å²) in [6.45, 7) is 3.50. The van der Waals surface area contributed by atoms with Crippen LogP contribution in [-0.2, 0) is 4.84 Å². The van der Waals surface area contributed by atoms with Crippen molar-refractivity contribution < 1.29 is 4.84 Å². The molecule has 2 N–H and O–H groups in total. The zero-order valence-electron chi connectivity index (χ0n) is 5.78. The van der Waals surface area contributed by atoms with Crippen LogP contribution in [0.15, 0.2) is 0 Å². The van der Waals surface area contributed by atoms with Crippen LogP contribution in [0.25, 0.3) is 0 Å². The van der Waals surface area contributed by atoms with E-state index in [0.29, 0.717) is 6.54 Å². The second-order valence-corrected chi connectivity index (χ2v) is 1.90. The standard InChI is InChI=1S/C5H12N2O.2ClH/c6-2-4-7-3-1-5-8-7;;/h1-6H2;2*1H. The molecule has 1 fully saturated rings. The van der Waals surface area contributed by atoms with Gasteiger partial charge in [-0.3, -0.25) is 4.84 Å². The molecule has 0 bridgehead atoms. The summed E-state index contributed by atoms with van der Waals surface area (Å²) in [6, 6.07) is 0. The van der Waals surface area contributed by atoms with Crippen LogP contribution in [-0.4, -0.2) is 31.3 Å². The first kappa shape index (κ1) is 13.1. The summed E-state index contributed by atoms with van der Waals surface area (Å²) in [5.74, 6) is 0. The molecule has 0 unspecified atom stereocenters. The Bertz CT molecular complexity index is 68.7. The smallest absolute Gasteiger partial charge is 0.0698 e. The molecule has 0 aliphatic carbocycles. The molecule has 64 valence electrons. The molecule has 1 saturated heterocycles. The van der Waals surface area contributed by atoms with Crippen molar-refractivity contribution in [3.05, 3.63) is 0 Å². The molecular formula is C5H14Cl2N2O. The van der Waals surface area contributed by atoms with Crippen molar-refractivity contribution in [3.63, 3.8) is 0 Å². The van der Waals surface area contributed by atoms with Crippen LogP contribution in [0.2, 0.25) is 0 Å². The van der Waals surface area contributed by atoms with Gasteiger partial charge in [0.05, 0.1) is 6.61 Å². The highest BCUT2D eigenvalue weighted by molar-refractivity contribution is 5.85. The predicted octanol–water partition coefficient (Wildman–Crippen LogP) is 0.426. The fraction of sp³-hybridized carbons (Fsp3) is 1.00. The number of nitrogens with zero attached hydrogens (tertiary/aromatic N) is 1. The lowest BCUT2D eigenvalue weighted by molar-refractivity contribution is -0.107. The lowest BCUT2D eigenvalue weighted by Gasteiger charge is -2.10.